The van der Waals surface area contributed by atoms with Crippen molar-refractivity contribution in [2.24, 2.45) is 5.92 Å². The molecule has 1 saturated carbocycles. The molecule has 5 heteroatoms. The number of benzene rings is 2. The van der Waals surface area contributed by atoms with Crippen LogP contribution in [0.5, 0.6) is 0 Å². The summed E-state index contributed by atoms with van der Waals surface area (Å²) in [6, 6.07) is 18.5. The van der Waals surface area contributed by atoms with Gasteiger partial charge in [0.25, 0.3) is 0 Å². The Labute approximate surface area is 192 Å². The summed E-state index contributed by atoms with van der Waals surface area (Å²) in [7, 11) is 5.99. The van der Waals surface area contributed by atoms with Gasteiger partial charge in [0.1, 0.15) is 0 Å². The average molecular weight is 436 g/mol. The van der Waals surface area contributed by atoms with Gasteiger partial charge in [-0.3, -0.25) is 9.59 Å². The summed E-state index contributed by atoms with van der Waals surface area (Å²) >= 11 is 0. The van der Waals surface area contributed by atoms with Crippen LogP contribution in [0.3, 0.4) is 0 Å². The first-order chi connectivity index (χ1) is 15.4. The lowest BCUT2D eigenvalue weighted by Gasteiger charge is -2.22. The van der Waals surface area contributed by atoms with E-state index < -0.39 is 0 Å². The molecule has 2 amide bonds. The molecule has 0 aromatic heterocycles. The normalized spacial score (nSPS) is 18.0. The molecule has 0 saturated heterocycles. The zero-order valence-corrected chi connectivity index (χ0v) is 19.7. The van der Waals surface area contributed by atoms with Gasteiger partial charge in [-0.2, -0.15) is 0 Å². The van der Waals surface area contributed by atoms with E-state index in [1.54, 1.807) is 4.90 Å². The smallest absolute Gasteiger partial charge is 0.229 e. The predicted octanol–water partition coefficient (Wildman–Crippen LogP) is 4.72. The van der Waals surface area contributed by atoms with E-state index in [4.69, 9.17) is 0 Å². The number of anilines is 1. The second kappa shape index (κ2) is 11.8. The molecule has 0 heterocycles. The monoisotopic (exact) mass is 435 g/mol. The third kappa shape index (κ3) is 6.92. The highest BCUT2D eigenvalue weighted by Crippen LogP contribution is 2.30. The molecule has 32 heavy (non-hydrogen) atoms. The summed E-state index contributed by atoms with van der Waals surface area (Å²) in [4.78, 5) is 29.2. The molecule has 172 valence electrons. The van der Waals surface area contributed by atoms with Crippen LogP contribution in [-0.4, -0.2) is 50.4 Å². The van der Waals surface area contributed by atoms with Crippen LogP contribution in [0.15, 0.2) is 54.6 Å². The molecule has 0 unspecified atom stereocenters. The molecule has 0 aliphatic heterocycles. The first-order valence-corrected chi connectivity index (χ1v) is 11.8. The van der Waals surface area contributed by atoms with E-state index >= 15 is 0 Å². The first-order valence-electron chi connectivity index (χ1n) is 11.8. The molecule has 1 N–H and O–H groups in total. The van der Waals surface area contributed by atoms with E-state index in [0.717, 1.165) is 56.3 Å². The maximum Gasteiger partial charge on any atom is 0.229 e. The number of rotatable bonds is 10. The average Bonchev–Trinajstić information content (AvgIpc) is 3.26. The minimum atomic E-state index is -0.0285. The van der Waals surface area contributed by atoms with Crippen LogP contribution in [0, 0.1) is 5.92 Å². The topological polar surface area (TPSA) is 52.7 Å². The minimum Gasteiger partial charge on any atom is -0.353 e. The summed E-state index contributed by atoms with van der Waals surface area (Å²) in [5.41, 5.74) is 3.21. The predicted molar refractivity (Wildman–Crippen MR) is 132 cm³/mol. The van der Waals surface area contributed by atoms with Crippen molar-refractivity contribution in [1.82, 2.24) is 10.2 Å². The molecule has 5 nitrogen and oxygen atoms in total. The number of carbonyl (C=O) groups is 2. The summed E-state index contributed by atoms with van der Waals surface area (Å²) in [5.74, 6) is 0.231. The minimum absolute atomic E-state index is 0.0285. The van der Waals surface area contributed by atoms with Crippen molar-refractivity contribution in [2.75, 3.05) is 32.6 Å². The second-order valence-corrected chi connectivity index (χ2v) is 9.20. The maximum absolute atomic E-state index is 13.0. The van der Waals surface area contributed by atoms with E-state index in [1.807, 2.05) is 37.4 Å². The lowest BCUT2D eigenvalue weighted by molar-refractivity contribution is -0.123. The molecule has 0 radical (unpaired) electrons. The molecular formula is C27H37N3O2. The van der Waals surface area contributed by atoms with Gasteiger partial charge in [0.2, 0.25) is 11.8 Å². The Bertz CT molecular complexity index is 864. The number of amides is 2. The van der Waals surface area contributed by atoms with Crippen LogP contribution in [0.25, 0.3) is 11.1 Å². The van der Waals surface area contributed by atoms with E-state index in [0.29, 0.717) is 6.42 Å². The van der Waals surface area contributed by atoms with Crippen molar-refractivity contribution in [2.45, 2.75) is 51.0 Å². The van der Waals surface area contributed by atoms with Crippen LogP contribution in [0.2, 0.25) is 0 Å². The van der Waals surface area contributed by atoms with Gasteiger partial charge in [-0.1, -0.05) is 48.9 Å². The highest BCUT2D eigenvalue weighted by molar-refractivity contribution is 5.95. The van der Waals surface area contributed by atoms with Gasteiger partial charge in [0.05, 0.1) is 0 Å². The quantitative estimate of drug-likeness (QED) is 0.549. The fraction of sp³-hybridized carbons (Fsp3) is 0.481. The molecule has 2 atom stereocenters. The number of hydrogen-bond acceptors (Lipinski definition) is 3. The van der Waals surface area contributed by atoms with Gasteiger partial charge < -0.3 is 15.1 Å². The zero-order chi connectivity index (χ0) is 22.9. The van der Waals surface area contributed by atoms with Crippen molar-refractivity contribution in [3.8, 4) is 11.1 Å². The molecule has 3 rings (SSSR count). The van der Waals surface area contributed by atoms with Crippen LogP contribution in [-0.2, 0) is 9.59 Å². The SMILES string of the molecule is CN(C)CCCCCC(=O)N[C@H]1CC[C@@H](C(=O)N(C)c2ccc(-c3ccccc3)cc2)C1. The second-order valence-electron chi connectivity index (χ2n) is 9.20. The number of nitrogens with zero attached hydrogens (tertiary/aromatic N) is 2. The molecule has 0 bridgehead atoms. The van der Waals surface area contributed by atoms with Gasteiger partial charge >= 0.3 is 0 Å². The fourth-order valence-corrected chi connectivity index (χ4v) is 4.44. The Hall–Kier alpha value is -2.66. The Morgan fingerprint density at radius 3 is 2.25 bits per heavy atom. The lowest BCUT2D eigenvalue weighted by Crippen LogP contribution is -2.35. The maximum atomic E-state index is 13.0. The summed E-state index contributed by atoms with van der Waals surface area (Å²) in [6.45, 7) is 1.07. The summed E-state index contributed by atoms with van der Waals surface area (Å²) in [6.07, 6.45) is 6.15. The van der Waals surface area contributed by atoms with Gasteiger partial charge in [-0.25, -0.2) is 0 Å². The Balaban J connectivity index is 1.44. The van der Waals surface area contributed by atoms with E-state index in [1.165, 1.54) is 5.56 Å². The summed E-state index contributed by atoms with van der Waals surface area (Å²) in [5, 5.41) is 3.15. The largest absolute Gasteiger partial charge is 0.353 e. The van der Waals surface area contributed by atoms with E-state index in [9.17, 15) is 9.59 Å². The first kappa shape index (κ1) is 24.0. The van der Waals surface area contributed by atoms with Gasteiger partial charge in [0, 0.05) is 31.1 Å². The van der Waals surface area contributed by atoms with Crippen molar-refractivity contribution in [1.29, 1.82) is 0 Å². The zero-order valence-electron chi connectivity index (χ0n) is 19.7. The molecule has 2 aromatic rings. The third-order valence-corrected chi connectivity index (χ3v) is 6.35. The lowest BCUT2D eigenvalue weighted by atomic mass is 10.0. The summed E-state index contributed by atoms with van der Waals surface area (Å²) < 4.78 is 0. The van der Waals surface area contributed by atoms with Gasteiger partial charge in [-0.05, 0) is 76.0 Å². The fourth-order valence-electron chi connectivity index (χ4n) is 4.44. The molecule has 0 spiro atoms. The molecule has 1 aliphatic carbocycles. The third-order valence-electron chi connectivity index (χ3n) is 6.35. The van der Waals surface area contributed by atoms with Crippen LogP contribution < -0.4 is 10.2 Å². The number of nitrogens with one attached hydrogen (secondary N) is 1. The Kier molecular flexibility index (Phi) is 8.86. The highest BCUT2D eigenvalue weighted by Gasteiger charge is 2.32. The van der Waals surface area contributed by atoms with Crippen molar-refractivity contribution >= 4 is 17.5 Å². The van der Waals surface area contributed by atoms with Gasteiger partial charge in [0.15, 0.2) is 0 Å². The van der Waals surface area contributed by atoms with E-state index in [2.05, 4.69) is 48.6 Å². The van der Waals surface area contributed by atoms with E-state index in [-0.39, 0.29) is 23.8 Å². The van der Waals surface area contributed by atoms with Crippen molar-refractivity contribution in [3.63, 3.8) is 0 Å². The van der Waals surface area contributed by atoms with Crippen LogP contribution in [0.1, 0.15) is 44.9 Å². The number of carbonyl (C=O) groups excluding carboxylic acids is 2. The van der Waals surface area contributed by atoms with Crippen molar-refractivity contribution < 1.29 is 9.59 Å². The number of hydrogen-bond donors (Lipinski definition) is 1. The van der Waals surface area contributed by atoms with Crippen LogP contribution in [0.4, 0.5) is 5.69 Å². The highest BCUT2D eigenvalue weighted by atomic mass is 16.2. The Morgan fingerprint density at radius 2 is 1.56 bits per heavy atom. The Morgan fingerprint density at radius 1 is 0.875 bits per heavy atom. The van der Waals surface area contributed by atoms with Crippen molar-refractivity contribution in [3.05, 3.63) is 54.6 Å². The molecule has 2 aromatic carbocycles. The standard InChI is InChI=1S/C27H37N3O2/c1-29(2)19-9-5-8-12-26(31)28-24-16-13-23(20-24)27(32)30(3)25-17-14-22(15-18-25)21-10-6-4-7-11-21/h4,6-7,10-11,14-15,17-18,23-24H,5,8-9,12-13,16,19-20H2,1-3H3,(H,28,31)/t23-,24+/m1/s1. The number of unbranched alkanes of at least 4 members (excludes halogenated alkanes) is 2. The molecule has 1 fully saturated rings. The molecular weight excluding hydrogens is 398 g/mol. The van der Waals surface area contributed by atoms with Gasteiger partial charge in [-0.15, -0.1) is 0 Å². The van der Waals surface area contributed by atoms with Crippen LogP contribution >= 0.6 is 0 Å². The molecule has 1 aliphatic rings.